The van der Waals surface area contributed by atoms with Crippen LogP contribution in [0.3, 0.4) is 0 Å². The molecule has 5 aromatic carbocycles. The average Bonchev–Trinajstić information content (AvgIpc) is 3.45. The van der Waals surface area contributed by atoms with Crippen LogP contribution in [0.25, 0.3) is 12.2 Å². The molecule has 0 radical (unpaired) electrons. The molecule has 2 unspecified atom stereocenters. The molecule has 0 bridgehead atoms. The fourth-order valence-corrected chi connectivity index (χ4v) is 9.76. The normalized spacial score (nSPS) is 21.3. The van der Waals surface area contributed by atoms with Crippen molar-refractivity contribution in [2.45, 2.75) is 90.8 Å². The van der Waals surface area contributed by atoms with Crippen LogP contribution in [-0.4, -0.2) is 21.3 Å². The number of nitrogens with zero attached hydrogens (tertiary/aromatic N) is 4. The van der Waals surface area contributed by atoms with E-state index in [1.54, 1.807) is 24.3 Å². The van der Waals surface area contributed by atoms with Crippen molar-refractivity contribution in [3.8, 4) is 11.5 Å². The van der Waals surface area contributed by atoms with Gasteiger partial charge >= 0.3 is 0 Å². The fraction of sp³-hybridized carbons (Fsp3) is 0.292. The SMILES string of the molecule is Cc1ccc2c(c1)C(C)(C)C1(C=Cc3cc([N+](=O)[O-])cc(C)c3O1)N2Cc1ccc(CN2c3ccc(C)cc3C(C)(C)C23C=Cc2cc([N+](=O)[O-])cc(C)c2O3)cc1. The number of fused-ring (bicyclic) bond motifs is 4. The zero-order valence-corrected chi connectivity index (χ0v) is 34.0. The summed E-state index contributed by atoms with van der Waals surface area (Å²) >= 11 is 0. The topological polar surface area (TPSA) is 111 Å². The highest BCUT2D eigenvalue weighted by molar-refractivity contribution is 5.76. The second-order valence-corrected chi connectivity index (χ2v) is 17.4. The van der Waals surface area contributed by atoms with Gasteiger partial charge in [-0.3, -0.25) is 20.2 Å². The second kappa shape index (κ2) is 12.5. The minimum absolute atomic E-state index is 0.0429. The molecule has 2 atom stereocenters. The number of anilines is 2. The van der Waals surface area contributed by atoms with Crippen LogP contribution in [0.5, 0.6) is 11.5 Å². The van der Waals surface area contributed by atoms with Crippen LogP contribution in [0.2, 0.25) is 0 Å². The summed E-state index contributed by atoms with van der Waals surface area (Å²) in [5.41, 5.74) is 9.22. The monoisotopic (exact) mass is 774 g/mol. The molecule has 58 heavy (non-hydrogen) atoms. The third kappa shape index (κ3) is 5.23. The smallest absolute Gasteiger partial charge is 0.270 e. The summed E-state index contributed by atoms with van der Waals surface area (Å²) in [7, 11) is 0. The van der Waals surface area contributed by atoms with E-state index in [0.717, 1.165) is 44.8 Å². The van der Waals surface area contributed by atoms with E-state index in [4.69, 9.17) is 9.47 Å². The minimum Gasteiger partial charge on any atom is -0.462 e. The van der Waals surface area contributed by atoms with E-state index >= 15 is 0 Å². The van der Waals surface area contributed by atoms with Gasteiger partial charge in [0.1, 0.15) is 11.5 Å². The van der Waals surface area contributed by atoms with Crippen molar-refractivity contribution in [1.29, 1.82) is 0 Å². The Bertz CT molecular complexity index is 2480. The van der Waals surface area contributed by atoms with Crippen LogP contribution in [0.15, 0.2) is 97.1 Å². The molecule has 0 saturated heterocycles. The largest absolute Gasteiger partial charge is 0.462 e. The lowest BCUT2D eigenvalue weighted by Crippen LogP contribution is -2.59. The molecule has 0 amide bonds. The average molecular weight is 775 g/mol. The van der Waals surface area contributed by atoms with E-state index in [1.165, 1.54) is 11.1 Å². The Labute approximate surface area is 338 Å². The standard InChI is InChI=1S/C48H46N4O6/c1-29-9-15-41-39(21-29)45(5,6)47(19-17-35-25-37(51(53)54)23-31(3)43(35)57-47)49(41)27-33-11-13-34(14-12-33)28-50-42-16-10-30(2)22-40(42)46(7,8)48(50)20-18-36-26-38(52(55)56)24-32(4)44(36)58-48/h9-26H,27-28H2,1-8H3. The van der Waals surface area contributed by atoms with Crippen molar-refractivity contribution in [2.24, 2.45) is 0 Å². The third-order valence-corrected chi connectivity index (χ3v) is 13.0. The van der Waals surface area contributed by atoms with Gasteiger partial charge in [0.05, 0.1) is 20.7 Å². The maximum Gasteiger partial charge on any atom is 0.270 e. The summed E-state index contributed by atoms with van der Waals surface area (Å²) in [6, 6.07) is 28.1. The van der Waals surface area contributed by atoms with Gasteiger partial charge in [0.15, 0.2) is 0 Å². The lowest BCUT2D eigenvalue weighted by Gasteiger charge is -2.47. The van der Waals surface area contributed by atoms with Gasteiger partial charge in [0, 0.05) is 59.9 Å². The van der Waals surface area contributed by atoms with Crippen molar-refractivity contribution >= 4 is 34.9 Å². The molecule has 5 aromatic rings. The van der Waals surface area contributed by atoms with Crippen LogP contribution in [0, 0.1) is 47.9 Å². The molecule has 2 spiro atoms. The summed E-state index contributed by atoms with van der Waals surface area (Å²) < 4.78 is 14.2. The van der Waals surface area contributed by atoms with E-state index in [1.807, 2.05) is 26.0 Å². The number of hydrogen-bond acceptors (Lipinski definition) is 8. The third-order valence-electron chi connectivity index (χ3n) is 13.0. The molecule has 0 saturated carbocycles. The molecule has 0 N–H and O–H groups in total. The Morgan fingerprint density at radius 2 is 0.931 bits per heavy atom. The quantitative estimate of drug-likeness (QED) is 0.124. The molecular weight excluding hydrogens is 729 g/mol. The summed E-state index contributed by atoms with van der Waals surface area (Å²) in [6.45, 7) is 17.9. The number of nitro groups is 2. The maximum atomic E-state index is 11.7. The first-order valence-corrected chi connectivity index (χ1v) is 19.7. The summed E-state index contributed by atoms with van der Waals surface area (Å²) in [5, 5.41) is 23.4. The molecule has 0 aliphatic carbocycles. The molecule has 4 heterocycles. The van der Waals surface area contributed by atoms with Gasteiger partial charge in [-0.2, -0.15) is 0 Å². The number of rotatable bonds is 6. The predicted octanol–water partition coefficient (Wildman–Crippen LogP) is 10.9. The van der Waals surface area contributed by atoms with Gasteiger partial charge in [-0.1, -0.05) is 59.7 Å². The number of nitro benzene ring substituents is 2. The summed E-state index contributed by atoms with van der Waals surface area (Å²) in [5.74, 6) is 1.30. The van der Waals surface area contributed by atoms with E-state index in [9.17, 15) is 20.2 Å². The zero-order valence-electron chi connectivity index (χ0n) is 34.0. The second-order valence-electron chi connectivity index (χ2n) is 17.4. The highest BCUT2D eigenvalue weighted by atomic mass is 16.6. The van der Waals surface area contributed by atoms with Gasteiger partial charge < -0.3 is 19.3 Å². The highest BCUT2D eigenvalue weighted by Gasteiger charge is 2.60. The first-order chi connectivity index (χ1) is 27.5. The van der Waals surface area contributed by atoms with Crippen LogP contribution in [-0.2, 0) is 23.9 Å². The van der Waals surface area contributed by atoms with Crippen molar-refractivity contribution in [3.63, 3.8) is 0 Å². The lowest BCUT2D eigenvalue weighted by atomic mass is 9.76. The number of hydrogen-bond donors (Lipinski definition) is 0. The van der Waals surface area contributed by atoms with Gasteiger partial charge in [-0.25, -0.2) is 0 Å². The Balaban J connectivity index is 1.07. The van der Waals surface area contributed by atoms with E-state index in [0.29, 0.717) is 35.7 Å². The van der Waals surface area contributed by atoms with Gasteiger partial charge in [0.2, 0.25) is 11.4 Å². The Morgan fingerprint density at radius 3 is 1.29 bits per heavy atom. The minimum atomic E-state index is -0.898. The molecular formula is C48H46N4O6. The predicted molar refractivity (Wildman–Crippen MR) is 228 cm³/mol. The number of aryl methyl sites for hydroxylation is 4. The molecule has 294 valence electrons. The van der Waals surface area contributed by atoms with E-state index in [-0.39, 0.29) is 21.2 Å². The highest BCUT2D eigenvalue weighted by Crippen LogP contribution is 2.58. The van der Waals surface area contributed by atoms with Crippen molar-refractivity contribution in [2.75, 3.05) is 9.80 Å². The van der Waals surface area contributed by atoms with Crippen molar-refractivity contribution in [3.05, 3.63) is 173 Å². The van der Waals surface area contributed by atoms with E-state index in [2.05, 4.69) is 124 Å². The maximum absolute atomic E-state index is 11.7. The number of benzene rings is 5. The van der Waals surface area contributed by atoms with E-state index < -0.39 is 22.3 Å². The molecule has 0 fully saturated rings. The van der Waals surface area contributed by atoms with Crippen LogP contribution in [0.1, 0.15) is 83.3 Å². The van der Waals surface area contributed by atoms with Crippen LogP contribution >= 0.6 is 0 Å². The van der Waals surface area contributed by atoms with Gasteiger partial charge in [-0.15, -0.1) is 0 Å². The Morgan fingerprint density at radius 1 is 0.552 bits per heavy atom. The molecule has 0 aromatic heterocycles. The van der Waals surface area contributed by atoms with Crippen LogP contribution < -0.4 is 19.3 Å². The summed E-state index contributed by atoms with van der Waals surface area (Å²) in [6.07, 6.45) is 8.10. The number of ether oxygens (including phenoxy) is 2. The first kappa shape index (κ1) is 37.2. The Kier molecular flexibility index (Phi) is 8.04. The molecule has 9 rings (SSSR count). The Hall–Kier alpha value is -6.42. The van der Waals surface area contributed by atoms with Gasteiger partial charge in [-0.05, 0) is 125 Å². The van der Waals surface area contributed by atoms with Crippen molar-refractivity contribution in [1.82, 2.24) is 0 Å². The zero-order chi connectivity index (χ0) is 41.1. The molecule has 10 nitrogen and oxygen atoms in total. The molecule has 10 heteroatoms. The van der Waals surface area contributed by atoms with Gasteiger partial charge in [0.25, 0.3) is 11.4 Å². The van der Waals surface area contributed by atoms with Crippen LogP contribution in [0.4, 0.5) is 22.7 Å². The molecule has 4 aliphatic heterocycles. The summed E-state index contributed by atoms with van der Waals surface area (Å²) in [4.78, 5) is 27.4. The molecule has 4 aliphatic rings. The fourth-order valence-electron chi connectivity index (χ4n) is 9.76. The first-order valence-electron chi connectivity index (χ1n) is 19.7. The number of non-ortho nitro benzene ring substituents is 2. The lowest BCUT2D eigenvalue weighted by molar-refractivity contribution is -0.385. The van der Waals surface area contributed by atoms with Crippen molar-refractivity contribution < 1.29 is 19.3 Å².